The van der Waals surface area contributed by atoms with E-state index in [9.17, 15) is 5.11 Å². The fourth-order valence-electron chi connectivity index (χ4n) is 3.38. The molecule has 4 heterocycles. The third-order valence-electron chi connectivity index (χ3n) is 4.62. The summed E-state index contributed by atoms with van der Waals surface area (Å²) < 4.78 is 5.73. The molecule has 2 atom stereocenters. The van der Waals surface area contributed by atoms with Crippen LogP contribution in [0.5, 0.6) is 0 Å². The van der Waals surface area contributed by atoms with Gasteiger partial charge >= 0.3 is 0 Å². The van der Waals surface area contributed by atoms with E-state index in [-0.39, 0.29) is 12.1 Å². The zero-order valence-electron chi connectivity index (χ0n) is 14.6. The Bertz CT molecular complexity index is 850. The lowest BCUT2D eigenvalue weighted by molar-refractivity contribution is 0.194. The first kappa shape index (κ1) is 16.7. The van der Waals surface area contributed by atoms with Crippen LogP contribution in [0.25, 0.3) is 11.1 Å². The van der Waals surface area contributed by atoms with Crippen molar-refractivity contribution in [2.45, 2.75) is 25.1 Å². The number of aliphatic hydroxyl groups excluding tert-OH is 1. The zero-order chi connectivity index (χ0) is 17.9. The topological polar surface area (TPSA) is 99.3 Å². The van der Waals surface area contributed by atoms with Crippen molar-refractivity contribution in [1.29, 1.82) is 0 Å². The van der Waals surface area contributed by atoms with Crippen LogP contribution < -0.4 is 15.5 Å². The van der Waals surface area contributed by atoms with Gasteiger partial charge in [0.2, 0.25) is 5.71 Å². The first-order valence-corrected chi connectivity index (χ1v) is 8.71. The summed E-state index contributed by atoms with van der Waals surface area (Å²) in [6.45, 7) is 1.91. The second-order valence-corrected chi connectivity index (χ2v) is 6.45. The Morgan fingerprint density at radius 2 is 2.23 bits per heavy atom. The fourth-order valence-corrected chi connectivity index (χ4v) is 3.38. The number of aromatic nitrogens is 3. The number of rotatable bonds is 6. The number of pyridine rings is 1. The Kier molecular flexibility index (Phi) is 4.68. The highest BCUT2D eigenvalue weighted by Crippen LogP contribution is 2.25. The molecule has 0 saturated carbocycles. The summed E-state index contributed by atoms with van der Waals surface area (Å²) in [5.41, 5.74) is 0.655. The molecular formula is C18H22N6O2. The smallest absolute Gasteiger partial charge is 0.226 e. The molecule has 4 rings (SSSR count). The van der Waals surface area contributed by atoms with Crippen molar-refractivity contribution in [3.63, 3.8) is 0 Å². The molecular weight excluding hydrogens is 332 g/mol. The summed E-state index contributed by atoms with van der Waals surface area (Å²) in [6.07, 6.45) is 3.61. The van der Waals surface area contributed by atoms with Crippen molar-refractivity contribution in [1.82, 2.24) is 20.3 Å². The van der Waals surface area contributed by atoms with Crippen LogP contribution >= 0.6 is 0 Å². The Hall–Kier alpha value is -2.71. The molecule has 1 aliphatic rings. The molecule has 1 aliphatic heterocycles. The van der Waals surface area contributed by atoms with Gasteiger partial charge in [-0.15, -0.1) is 0 Å². The average molecular weight is 354 g/mol. The number of β-amino-alcohol motifs (C(OH)–C–C–N with tert-alkyl or cyclic N) is 1. The van der Waals surface area contributed by atoms with Crippen molar-refractivity contribution in [2.24, 2.45) is 0 Å². The van der Waals surface area contributed by atoms with E-state index in [1.54, 1.807) is 6.20 Å². The Labute approximate surface area is 151 Å². The van der Waals surface area contributed by atoms with Crippen LogP contribution in [0.4, 0.5) is 11.6 Å². The van der Waals surface area contributed by atoms with Crippen LogP contribution in [-0.4, -0.2) is 52.3 Å². The van der Waals surface area contributed by atoms with Crippen LogP contribution in [0.3, 0.4) is 0 Å². The minimum atomic E-state index is -0.356. The molecule has 8 heteroatoms. The summed E-state index contributed by atoms with van der Waals surface area (Å²) >= 11 is 0. The van der Waals surface area contributed by atoms with E-state index in [4.69, 9.17) is 4.42 Å². The normalized spacial score (nSPS) is 20.0. The van der Waals surface area contributed by atoms with Crippen LogP contribution in [0.2, 0.25) is 0 Å². The van der Waals surface area contributed by atoms with E-state index in [1.165, 1.54) is 6.33 Å². The molecule has 0 radical (unpaired) electrons. The van der Waals surface area contributed by atoms with E-state index in [0.717, 1.165) is 29.3 Å². The molecule has 0 unspecified atom stereocenters. The van der Waals surface area contributed by atoms with Crippen LogP contribution in [-0.2, 0) is 6.54 Å². The van der Waals surface area contributed by atoms with Gasteiger partial charge in [0.25, 0.3) is 0 Å². The SMILES string of the molecule is CNc1cc(N2C[C@H](O)C[C@@H]2CNCc2cc3cccnc3o2)ncn1. The number of hydrogen-bond donors (Lipinski definition) is 3. The minimum Gasteiger partial charge on any atom is -0.441 e. The largest absolute Gasteiger partial charge is 0.441 e. The van der Waals surface area contributed by atoms with E-state index < -0.39 is 0 Å². The molecule has 0 aromatic carbocycles. The molecule has 0 aliphatic carbocycles. The fraction of sp³-hybridized carbons (Fsp3) is 0.389. The Balaban J connectivity index is 1.40. The third-order valence-corrected chi connectivity index (χ3v) is 4.62. The van der Waals surface area contributed by atoms with Crippen molar-refractivity contribution < 1.29 is 9.52 Å². The predicted molar refractivity (Wildman–Crippen MR) is 99.1 cm³/mol. The Morgan fingerprint density at radius 3 is 3.08 bits per heavy atom. The molecule has 0 bridgehead atoms. The number of fused-ring (bicyclic) bond motifs is 1. The third kappa shape index (κ3) is 3.47. The summed E-state index contributed by atoms with van der Waals surface area (Å²) in [5, 5.41) is 17.6. The molecule has 3 aromatic rings. The molecule has 0 spiro atoms. The van der Waals surface area contributed by atoms with Gasteiger partial charge in [0.15, 0.2) is 0 Å². The van der Waals surface area contributed by atoms with E-state index in [2.05, 4.69) is 30.5 Å². The minimum absolute atomic E-state index is 0.159. The molecule has 136 valence electrons. The number of nitrogens with one attached hydrogen (secondary N) is 2. The molecule has 0 amide bonds. The van der Waals surface area contributed by atoms with Crippen molar-refractivity contribution in [3.05, 3.63) is 42.5 Å². The number of furan rings is 1. The highest BCUT2D eigenvalue weighted by molar-refractivity contribution is 5.73. The number of nitrogens with zero attached hydrogens (tertiary/aromatic N) is 4. The number of aliphatic hydroxyl groups is 1. The average Bonchev–Trinajstić information content (AvgIpc) is 3.24. The molecule has 26 heavy (non-hydrogen) atoms. The monoisotopic (exact) mass is 354 g/mol. The highest BCUT2D eigenvalue weighted by Gasteiger charge is 2.31. The molecule has 3 aromatic heterocycles. The summed E-state index contributed by atoms with van der Waals surface area (Å²) in [4.78, 5) is 14.8. The molecule has 8 nitrogen and oxygen atoms in total. The van der Waals surface area contributed by atoms with Gasteiger partial charge in [-0.1, -0.05) is 0 Å². The first-order valence-electron chi connectivity index (χ1n) is 8.71. The van der Waals surface area contributed by atoms with Gasteiger partial charge in [-0.3, -0.25) is 0 Å². The predicted octanol–water partition coefficient (Wildman–Crippen LogP) is 1.39. The summed E-state index contributed by atoms with van der Waals surface area (Å²) in [6, 6.07) is 7.94. The van der Waals surface area contributed by atoms with E-state index in [0.29, 0.717) is 25.2 Å². The van der Waals surface area contributed by atoms with Gasteiger partial charge < -0.3 is 25.1 Å². The maximum absolute atomic E-state index is 10.1. The maximum atomic E-state index is 10.1. The van der Waals surface area contributed by atoms with Crippen LogP contribution in [0.15, 0.2) is 41.2 Å². The first-order chi connectivity index (χ1) is 12.7. The van der Waals surface area contributed by atoms with Crippen LogP contribution in [0, 0.1) is 0 Å². The standard InChI is InChI=1S/C18H22N6O2/c1-19-16-7-17(23-11-22-16)24-10-14(25)6-13(24)8-20-9-15-5-12-3-2-4-21-18(12)26-15/h2-5,7,11,13-14,20,25H,6,8-10H2,1H3,(H,19,22,23)/t13-,14-/m1/s1. The van der Waals surface area contributed by atoms with Gasteiger partial charge in [-0.05, 0) is 24.6 Å². The molecule has 1 saturated heterocycles. The number of anilines is 2. The maximum Gasteiger partial charge on any atom is 0.226 e. The van der Waals surface area contributed by atoms with Crippen molar-refractivity contribution in [2.75, 3.05) is 30.4 Å². The van der Waals surface area contributed by atoms with E-state index >= 15 is 0 Å². The van der Waals surface area contributed by atoms with Crippen LogP contribution in [0.1, 0.15) is 12.2 Å². The molecule has 1 fully saturated rings. The second-order valence-electron chi connectivity index (χ2n) is 6.45. The lowest BCUT2D eigenvalue weighted by Gasteiger charge is -2.25. The zero-order valence-corrected chi connectivity index (χ0v) is 14.6. The van der Waals surface area contributed by atoms with Gasteiger partial charge in [-0.2, -0.15) is 0 Å². The quantitative estimate of drug-likeness (QED) is 0.611. The summed E-state index contributed by atoms with van der Waals surface area (Å²) in [5.74, 6) is 2.43. The lowest BCUT2D eigenvalue weighted by Crippen LogP contribution is -2.38. The van der Waals surface area contributed by atoms with Crippen molar-refractivity contribution in [3.8, 4) is 0 Å². The Morgan fingerprint density at radius 1 is 1.31 bits per heavy atom. The number of hydrogen-bond acceptors (Lipinski definition) is 8. The lowest BCUT2D eigenvalue weighted by atomic mass is 10.2. The summed E-state index contributed by atoms with van der Waals surface area (Å²) in [7, 11) is 1.83. The van der Waals surface area contributed by atoms with Gasteiger partial charge in [-0.25, -0.2) is 15.0 Å². The second kappa shape index (κ2) is 7.27. The van der Waals surface area contributed by atoms with Gasteiger partial charge in [0.05, 0.1) is 12.6 Å². The highest BCUT2D eigenvalue weighted by atomic mass is 16.3. The van der Waals surface area contributed by atoms with Gasteiger partial charge in [0, 0.05) is 43.8 Å². The molecule has 3 N–H and O–H groups in total. The van der Waals surface area contributed by atoms with E-state index in [1.807, 2.05) is 31.3 Å². The van der Waals surface area contributed by atoms with Crippen molar-refractivity contribution >= 4 is 22.7 Å². The van der Waals surface area contributed by atoms with Gasteiger partial charge in [0.1, 0.15) is 23.7 Å².